The Morgan fingerprint density at radius 3 is 2.75 bits per heavy atom. The van der Waals surface area contributed by atoms with Crippen LogP contribution in [-0.4, -0.2) is 22.9 Å². The number of methoxy groups -OCH3 is 1. The summed E-state index contributed by atoms with van der Waals surface area (Å²) in [5, 5.41) is 2.54. The van der Waals surface area contributed by atoms with Crippen molar-refractivity contribution in [2.75, 3.05) is 7.11 Å². The normalized spacial score (nSPS) is 10.1. The van der Waals surface area contributed by atoms with Gasteiger partial charge in [0, 0.05) is 30.1 Å². The molecule has 2 aromatic heterocycles. The van der Waals surface area contributed by atoms with Crippen molar-refractivity contribution in [1.29, 1.82) is 0 Å². The highest BCUT2D eigenvalue weighted by atomic mass is 32.1. The number of thiazole rings is 1. The van der Waals surface area contributed by atoms with Crippen LogP contribution in [0.25, 0.3) is 10.6 Å². The third-order valence-corrected chi connectivity index (χ3v) is 2.95. The predicted molar refractivity (Wildman–Crippen MR) is 61.9 cm³/mol. The third-order valence-electron chi connectivity index (χ3n) is 2.06. The van der Waals surface area contributed by atoms with Gasteiger partial charge >= 0.3 is 0 Å². The van der Waals surface area contributed by atoms with Gasteiger partial charge in [-0.05, 0) is 6.07 Å². The van der Waals surface area contributed by atoms with Crippen LogP contribution in [-0.2, 0) is 0 Å². The highest BCUT2D eigenvalue weighted by Crippen LogP contribution is 2.24. The number of carbonyl (C=O) groups is 1. The molecule has 0 aromatic carbocycles. The van der Waals surface area contributed by atoms with E-state index in [1.807, 2.05) is 6.07 Å². The fourth-order valence-electron chi connectivity index (χ4n) is 1.20. The van der Waals surface area contributed by atoms with Crippen LogP contribution in [0.3, 0.4) is 0 Å². The SMILES string of the molecule is COc1ccc(-c2nc(C(C)=O)cs2)cn1. The van der Waals surface area contributed by atoms with Crippen molar-refractivity contribution in [2.45, 2.75) is 6.92 Å². The molecular weight excluding hydrogens is 224 g/mol. The van der Waals surface area contributed by atoms with E-state index in [1.54, 1.807) is 24.8 Å². The summed E-state index contributed by atoms with van der Waals surface area (Å²) in [6.07, 6.45) is 1.68. The topological polar surface area (TPSA) is 52.1 Å². The Morgan fingerprint density at radius 1 is 1.44 bits per heavy atom. The van der Waals surface area contributed by atoms with E-state index in [0.29, 0.717) is 11.6 Å². The average molecular weight is 234 g/mol. The number of carbonyl (C=O) groups excluding carboxylic acids is 1. The van der Waals surface area contributed by atoms with Crippen LogP contribution in [0.2, 0.25) is 0 Å². The number of aromatic nitrogens is 2. The highest BCUT2D eigenvalue weighted by Gasteiger charge is 2.08. The quantitative estimate of drug-likeness (QED) is 0.765. The van der Waals surface area contributed by atoms with E-state index < -0.39 is 0 Å². The number of ether oxygens (including phenoxy) is 1. The Morgan fingerprint density at radius 2 is 2.25 bits per heavy atom. The molecule has 82 valence electrons. The number of hydrogen-bond donors (Lipinski definition) is 0. The van der Waals surface area contributed by atoms with Gasteiger partial charge in [0.25, 0.3) is 0 Å². The van der Waals surface area contributed by atoms with Gasteiger partial charge in [-0.25, -0.2) is 9.97 Å². The summed E-state index contributed by atoms with van der Waals surface area (Å²) in [6.45, 7) is 1.51. The molecule has 0 unspecified atom stereocenters. The van der Waals surface area contributed by atoms with Crippen molar-refractivity contribution in [3.8, 4) is 16.5 Å². The minimum atomic E-state index is -0.0241. The second-order valence-electron chi connectivity index (χ2n) is 3.18. The van der Waals surface area contributed by atoms with Crippen molar-refractivity contribution < 1.29 is 9.53 Å². The van der Waals surface area contributed by atoms with Gasteiger partial charge in [-0.1, -0.05) is 0 Å². The Bertz CT molecular complexity index is 505. The highest BCUT2D eigenvalue weighted by molar-refractivity contribution is 7.13. The largest absolute Gasteiger partial charge is 0.481 e. The molecule has 0 fully saturated rings. The summed E-state index contributed by atoms with van der Waals surface area (Å²) >= 11 is 1.43. The first-order chi connectivity index (χ1) is 7.70. The smallest absolute Gasteiger partial charge is 0.212 e. The molecule has 0 aliphatic carbocycles. The van der Waals surface area contributed by atoms with E-state index in [-0.39, 0.29) is 5.78 Å². The number of hydrogen-bond acceptors (Lipinski definition) is 5. The van der Waals surface area contributed by atoms with E-state index in [2.05, 4.69) is 9.97 Å². The fourth-order valence-corrected chi connectivity index (χ4v) is 2.05. The van der Waals surface area contributed by atoms with E-state index >= 15 is 0 Å². The minimum Gasteiger partial charge on any atom is -0.481 e. The molecule has 2 rings (SSSR count). The molecule has 0 amide bonds. The van der Waals surface area contributed by atoms with Gasteiger partial charge in [0.1, 0.15) is 10.7 Å². The average Bonchev–Trinajstić information content (AvgIpc) is 2.78. The molecule has 5 heteroatoms. The van der Waals surface area contributed by atoms with Gasteiger partial charge in [0.2, 0.25) is 5.88 Å². The summed E-state index contributed by atoms with van der Waals surface area (Å²) in [7, 11) is 1.57. The van der Waals surface area contributed by atoms with Crippen molar-refractivity contribution in [2.24, 2.45) is 0 Å². The van der Waals surface area contributed by atoms with Crippen LogP contribution in [0.15, 0.2) is 23.7 Å². The van der Waals surface area contributed by atoms with E-state index in [4.69, 9.17) is 4.74 Å². The van der Waals surface area contributed by atoms with Gasteiger partial charge in [-0.15, -0.1) is 11.3 Å². The lowest BCUT2D eigenvalue weighted by Gasteiger charge is -1.98. The molecule has 0 atom stereocenters. The first kappa shape index (κ1) is 10.8. The van der Waals surface area contributed by atoms with Crippen molar-refractivity contribution in [3.63, 3.8) is 0 Å². The molecule has 0 radical (unpaired) electrons. The molecule has 0 aliphatic heterocycles. The molecule has 0 bridgehead atoms. The van der Waals surface area contributed by atoms with Gasteiger partial charge < -0.3 is 4.74 Å². The molecule has 0 N–H and O–H groups in total. The van der Waals surface area contributed by atoms with Crippen molar-refractivity contribution in [1.82, 2.24) is 9.97 Å². The summed E-state index contributed by atoms with van der Waals surface area (Å²) in [5.74, 6) is 0.538. The van der Waals surface area contributed by atoms with Gasteiger partial charge in [0.05, 0.1) is 7.11 Å². The number of rotatable bonds is 3. The van der Waals surface area contributed by atoms with Crippen LogP contribution in [0.1, 0.15) is 17.4 Å². The minimum absolute atomic E-state index is 0.0241. The van der Waals surface area contributed by atoms with Gasteiger partial charge in [0.15, 0.2) is 5.78 Å². The van der Waals surface area contributed by atoms with Gasteiger partial charge in [-0.3, -0.25) is 4.79 Å². The summed E-state index contributed by atoms with van der Waals surface area (Å²) in [4.78, 5) is 19.4. The molecular formula is C11H10N2O2S. The van der Waals surface area contributed by atoms with Crippen LogP contribution in [0.5, 0.6) is 5.88 Å². The van der Waals surface area contributed by atoms with E-state index in [0.717, 1.165) is 10.6 Å². The van der Waals surface area contributed by atoms with Gasteiger partial charge in [-0.2, -0.15) is 0 Å². The van der Waals surface area contributed by atoms with Crippen molar-refractivity contribution in [3.05, 3.63) is 29.4 Å². The Balaban J connectivity index is 2.31. The monoisotopic (exact) mass is 234 g/mol. The standard InChI is InChI=1S/C11H10N2O2S/c1-7(14)9-6-16-11(13-9)8-3-4-10(15-2)12-5-8/h3-6H,1-2H3. The maximum absolute atomic E-state index is 11.1. The summed E-state index contributed by atoms with van der Waals surface area (Å²) in [6, 6.07) is 3.64. The first-order valence-corrected chi connectivity index (χ1v) is 5.55. The van der Waals surface area contributed by atoms with Crippen LogP contribution < -0.4 is 4.74 Å². The summed E-state index contributed by atoms with van der Waals surface area (Å²) in [5.41, 5.74) is 1.38. The van der Waals surface area contributed by atoms with Crippen LogP contribution in [0, 0.1) is 0 Å². The second kappa shape index (κ2) is 4.40. The summed E-state index contributed by atoms with van der Waals surface area (Å²) < 4.78 is 4.97. The first-order valence-electron chi connectivity index (χ1n) is 4.67. The van der Waals surface area contributed by atoms with E-state index in [9.17, 15) is 4.79 Å². The number of Topliss-reactive ketones (excluding diaryl/α,β-unsaturated/α-hetero) is 1. The number of ketones is 1. The molecule has 0 spiro atoms. The zero-order valence-corrected chi connectivity index (χ0v) is 9.75. The molecule has 16 heavy (non-hydrogen) atoms. The molecule has 0 saturated carbocycles. The number of nitrogens with zero attached hydrogens (tertiary/aromatic N) is 2. The molecule has 2 heterocycles. The molecule has 4 nitrogen and oxygen atoms in total. The lowest BCUT2D eigenvalue weighted by atomic mass is 10.3. The molecule has 0 saturated heterocycles. The maximum Gasteiger partial charge on any atom is 0.212 e. The maximum atomic E-state index is 11.1. The fraction of sp³-hybridized carbons (Fsp3) is 0.182. The van der Waals surface area contributed by atoms with E-state index in [1.165, 1.54) is 18.3 Å². The Labute approximate surface area is 96.9 Å². The third kappa shape index (κ3) is 2.09. The molecule has 0 aliphatic rings. The second-order valence-corrected chi connectivity index (χ2v) is 4.04. The Hall–Kier alpha value is -1.75. The number of pyridine rings is 1. The lowest BCUT2D eigenvalue weighted by Crippen LogP contribution is -1.91. The lowest BCUT2D eigenvalue weighted by molar-refractivity contribution is 0.101. The van der Waals surface area contributed by atoms with Crippen LogP contribution >= 0.6 is 11.3 Å². The van der Waals surface area contributed by atoms with Crippen LogP contribution in [0.4, 0.5) is 0 Å². The van der Waals surface area contributed by atoms with Crippen molar-refractivity contribution >= 4 is 17.1 Å². The zero-order valence-electron chi connectivity index (χ0n) is 8.93. The molecule has 2 aromatic rings. The Kier molecular flexibility index (Phi) is 2.96. The zero-order chi connectivity index (χ0) is 11.5. The predicted octanol–water partition coefficient (Wildman–Crippen LogP) is 2.42.